The second-order valence-electron chi connectivity index (χ2n) is 2.59. The molecule has 0 N–H and O–H groups in total. The molecule has 0 aromatic rings. The summed E-state index contributed by atoms with van der Waals surface area (Å²) in [4.78, 5) is 10.7. The van der Waals surface area contributed by atoms with E-state index in [9.17, 15) is 22.4 Å². The van der Waals surface area contributed by atoms with E-state index in [0.29, 0.717) is 0 Å². The summed E-state index contributed by atoms with van der Waals surface area (Å²) in [6.45, 7) is 3.15. The van der Waals surface area contributed by atoms with Crippen molar-refractivity contribution in [3.05, 3.63) is 12.2 Å². The molecule has 2 nitrogen and oxygen atoms in total. The third-order valence-electron chi connectivity index (χ3n) is 1.43. The average Bonchev–Trinajstić information content (AvgIpc) is 2.12. The molecule has 0 aliphatic carbocycles. The predicted octanol–water partition coefficient (Wildman–Crippen LogP) is 2.40. The molecule has 0 bridgehead atoms. The van der Waals surface area contributed by atoms with Crippen LogP contribution < -0.4 is 0 Å². The largest absolute Gasteiger partial charge is 0.456 e. The van der Waals surface area contributed by atoms with Crippen LogP contribution >= 0.6 is 0 Å². The topological polar surface area (TPSA) is 26.3 Å². The van der Waals surface area contributed by atoms with Gasteiger partial charge in [-0.3, -0.25) is 0 Å². The van der Waals surface area contributed by atoms with Gasteiger partial charge in [-0.05, 0) is 6.42 Å². The minimum atomic E-state index is -4.30. The summed E-state index contributed by atoms with van der Waals surface area (Å²) in [5, 5.41) is 0. The number of halogens is 4. The van der Waals surface area contributed by atoms with E-state index in [1.54, 1.807) is 6.92 Å². The maximum Gasteiger partial charge on any atom is 0.340 e. The van der Waals surface area contributed by atoms with Gasteiger partial charge in [-0.2, -0.15) is 8.78 Å². The van der Waals surface area contributed by atoms with Gasteiger partial charge in [-0.15, -0.1) is 0 Å². The van der Waals surface area contributed by atoms with Crippen molar-refractivity contribution in [3.63, 3.8) is 0 Å². The van der Waals surface area contributed by atoms with Crippen molar-refractivity contribution in [1.82, 2.24) is 0 Å². The molecule has 0 aromatic carbocycles. The number of hydrogen-bond donors (Lipinski definition) is 0. The van der Waals surface area contributed by atoms with Gasteiger partial charge in [0.2, 0.25) is 0 Å². The molecule has 0 fully saturated rings. The highest BCUT2D eigenvalue weighted by molar-refractivity contribution is 5.87. The molecule has 14 heavy (non-hydrogen) atoms. The van der Waals surface area contributed by atoms with Crippen LogP contribution in [0.3, 0.4) is 0 Å². The molecule has 0 atom stereocenters. The highest BCUT2D eigenvalue weighted by Gasteiger charge is 2.42. The van der Waals surface area contributed by atoms with Gasteiger partial charge in [0, 0.05) is 5.57 Å². The molecule has 6 heteroatoms. The Morgan fingerprint density at radius 2 is 2.00 bits per heavy atom. The Hall–Kier alpha value is -1.07. The lowest BCUT2D eigenvalue weighted by Gasteiger charge is -2.15. The van der Waals surface area contributed by atoms with E-state index in [0.717, 1.165) is 0 Å². The lowest BCUT2D eigenvalue weighted by Crippen LogP contribution is -2.33. The summed E-state index contributed by atoms with van der Waals surface area (Å²) in [6.07, 6.45) is -3.62. The van der Waals surface area contributed by atoms with Gasteiger partial charge in [0.25, 0.3) is 0 Å². The van der Waals surface area contributed by atoms with Crippen LogP contribution in [0.15, 0.2) is 12.2 Å². The predicted molar refractivity (Wildman–Crippen MR) is 41.3 cm³/mol. The molecule has 0 radical (unpaired) electrons. The fourth-order valence-corrected chi connectivity index (χ4v) is 0.471. The first-order valence-electron chi connectivity index (χ1n) is 3.82. The number of ether oxygens (including phenoxy) is 1. The van der Waals surface area contributed by atoms with E-state index in [1.807, 2.05) is 0 Å². The van der Waals surface area contributed by atoms with Crippen LogP contribution in [0, 0.1) is 0 Å². The molecule has 0 unspecified atom stereocenters. The van der Waals surface area contributed by atoms with Crippen LogP contribution in [0.4, 0.5) is 17.6 Å². The minimum absolute atomic E-state index is 0.0323. The smallest absolute Gasteiger partial charge is 0.340 e. The van der Waals surface area contributed by atoms with Crippen molar-refractivity contribution in [2.75, 3.05) is 6.61 Å². The van der Waals surface area contributed by atoms with Crippen molar-refractivity contribution in [3.8, 4) is 0 Å². The van der Waals surface area contributed by atoms with Gasteiger partial charge in [-0.1, -0.05) is 13.5 Å². The summed E-state index contributed by atoms with van der Waals surface area (Å²) in [7, 11) is 0. The number of carbonyl (C=O) groups excluding carboxylic acids is 1. The molecule has 0 aromatic heterocycles. The van der Waals surface area contributed by atoms with Crippen LogP contribution in [0.5, 0.6) is 0 Å². The molecule has 0 rings (SSSR count). The maximum absolute atomic E-state index is 12.2. The SMILES string of the molecule is C=C(CC)C(=O)OCC(F)(F)C(F)F. The van der Waals surface area contributed by atoms with E-state index in [2.05, 4.69) is 11.3 Å². The van der Waals surface area contributed by atoms with E-state index in [4.69, 9.17) is 0 Å². The van der Waals surface area contributed by atoms with E-state index < -0.39 is 24.9 Å². The van der Waals surface area contributed by atoms with Crippen LogP contribution in [0.25, 0.3) is 0 Å². The lowest BCUT2D eigenvalue weighted by molar-refractivity contribution is -0.176. The van der Waals surface area contributed by atoms with E-state index in [-0.39, 0.29) is 12.0 Å². The quantitative estimate of drug-likeness (QED) is 0.399. The van der Waals surface area contributed by atoms with Gasteiger partial charge >= 0.3 is 18.3 Å². The van der Waals surface area contributed by atoms with Crippen molar-refractivity contribution < 1.29 is 27.1 Å². The zero-order chi connectivity index (χ0) is 11.4. The fourth-order valence-electron chi connectivity index (χ4n) is 0.471. The first-order valence-corrected chi connectivity index (χ1v) is 3.82. The normalized spacial score (nSPS) is 11.6. The van der Waals surface area contributed by atoms with Crippen molar-refractivity contribution in [2.45, 2.75) is 25.7 Å². The van der Waals surface area contributed by atoms with Crippen LogP contribution in [-0.4, -0.2) is 24.9 Å². The van der Waals surface area contributed by atoms with Crippen LogP contribution in [0.1, 0.15) is 13.3 Å². The minimum Gasteiger partial charge on any atom is -0.456 e. The van der Waals surface area contributed by atoms with Crippen LogP contribution in [-0.2, 0) is 9.53 Å². The zero-order valence-electron chi connectivity index (χ0n) is 7.53. The molecular weight excluding hydrogens is 204 g/mol. The highest BCUT2D eigenvalue weighted by Crippen LogP contribution is 2.23. The van der Waals surface area contributed by atoms with Crippen molar-refractivity contribution >= 4 is 5.97 Å². The Labute approximate surface area is 78.5 Å². The second kappa shape index (κ2) is 4.97. The van der Waals surface area contributed by atoms with Gasteiger partial charge in [-0.25, -0.2) is 13.6 Å². The fraction of sp³-hybridized carbons (Fsp3) is 0.625. The van der Waals surface area contributed by atoms with Gasteiger partial charge in [0.1, 0.15) is 0 Å². The molecule has 0 spiro atoms. The summed E-state index contributed by atoms with van der Waals surface area (Å²) >= 11 is 0. The first kappa shape index (κ1) is 12.9. The van der Waals surface area contributed by atoms with Crippen molar-refractivity contribution in [2.24, 2.45) is 0 Å². The Bertz CT molecular complexity index is 225. The standard InChI is InChI=1S/C8H10F4O2/c1-3-5(2)6(13)14-4-8(11,12)7(9)10/h7H,2-4H2,1H3. The molecule has 0 saturated heterocycles. The van der Waals surface area contributed by atoms with E-state index in [1.165, 1.54) is 0 Å². The molecule has 0 heterocycles. The summed E-state index contributed by atoms with van der Waals surface area (Å²) in [5.74, 6) is -5.38. The molecular formula is C8H10F4O2. The summed E-state index contributed by atoms with van der Waals surface area (Å²) in [6, 6.07) is 0. The third-order valence-corrected chi connectivity index (χ3v) is 1.43. The third kappa shape index (κ3) is 3.76. The first-order chi connectivity index (χ1) is 6.31. The van der Waals surface area contributed by atoms with Gasteiger partial charge in [0.15, 0.2) is 6.61 Å². The molecule has 0 saturated carbocycles. The number of rotatable bonds is 5. The summed E-state index contributed by atoms with van der Waals surface area (Å²) in [5.41, 5.74) is -0.0323. The molecule has 0 amide bonds. The Morgan fingerprint density at radius 1 is 1.50 bits per heavy atom. The lowest BCUT2D eigenvalue weighted by atomic mass is 10.2. The second-order valence-corrected chi connectivity index (χ2v) is 2.59. The number of hydrogen-bond acceptors (Lipinski definition) is 2. The molecule has 82 valence electrons. The number of alkyl halides is 4. The van der Waals surface area contributed by atoms with Gasteiger partial charge in [0.05, 0.1) is 0 Å². The number of esters is 1. The van der Waals surface area contributed by atoms with Crippen LogP contribution in [0.2, 0.25) is 0 Å². The average molecular weight is 214 g/mol. The number of carbonyl (C=O) groups is 1. The Morgan fingerprint density at radius 3 is 2.36 bits per heavy atom. The van der Waals surface area contributed by atoms with E-state index >= 15 is 0 Å². The highest BCUT2D eigenvalue weighted by atomic mass is 19.3. The Kier molecular flexibility index (Phi) is 4.59. The zero-order valence-corrected chi connectivity index (χ0v) is 7.53. The van der Waals surface area contributed by atoms with Crippen molar-refractivity contribution in [1.29, 1.82) is 0 Å². The van der Waals surface area contributed by atoms with Gasteiger partial charge < -0.3 is 4.74 Å². The summed E-state index contributed by atoms with van der Waals surface area (Å²) < 4.78 is 51.6. The maximum atomic E-state index is 12.2. The molecule has 0 aliphatic rings. The monoisotopic (exact) mass is 214 g/mol. The Balaban J connectivity index is 4.06. The molecule has 0 aliphatic heterocycles.